The Balaban J connectivity index is 1.53. The summed E-state index contributed by atoms with van der Waals surface area (Å²) in [6, 6.07) is 15.1. The quantitative estimate of drug-likeness (QED) is 0.770. The second kappa shape index (κ2) is 6.05. The molecule has 4 rings (SSSR count). The number of rotatable bonds is 3. The molecule has 1 aliphatic rings. The molecule has 2 aromatic carbocycles. The van der Waals surface area contributed by atoms with E-state index >= 15 is 0 Å². The van der Waals surface area contributed by atoms with Crippen LogP contribution >= 0.6 is 0 Å². The molecule has 2 atom stereocenters. The van der Waals surface area contributed by atoms with E-state index in [4.69, 9.17) is 0 Å². The van der Waals surface area contributed by atoms with E-state index in [1.807, 2.05) is 12.1 Å². The highest BCUT2D eigenvalue weighted by atomic mass is 16.5. The molecule has 1 heterocycles. The molecule has 0 fully saturated rings. The topological polar surface area (TPSA) is 88.0 Å². The predicted octanol–water partition coefficient (Wildman–Crippen LogP) is 2.69. The van der Waals surface area contributed by atoms with Gasteiger partial charge in [0, 0.05) is 11.1 Å². The summed E-state index contributed by atoms with van der Waals surface area (Å²) in [6.07, 6.45) is 0.972. The average Bonchev–Trinajstić information content (AvgIpc) is 3.19. The number of carbonyl (C=O) groups is 1. The molecule has 6 nitrogen and oxygen atoms in total. The van der Waals surface area contributed by atoms with Crippen LogP contribution in [0.2, 0.25) is 0 Å². The molecule has 0 saturated carbocycles. The van der Waals surface area contributed by atoms with Gasteiger partial charge in [0.15, 0.2) is 5.82 Å². The van der Waals surface area contributed by atoms with Crippen LogP contribution in [-0.4, -0.2) is 16.0 Å². The van der Waals surface area contributed by atoms with Crippen LogP contribution in [0.4, 0.5) is 0 Å². The second-order valence-corrected chi connectivity index (χ2v) is 6.35. The summed E-state index contributed by atoms with van der Waals surface area (Å²) in [4.78, 5) is 26.1. The lowest BCUT2D eigenvalue weighted by Crippen LogP contribution is -2.30. The van der Waals surface area contributed by atoms with Crippen molar-refractivity contribution in [2.75, 3.05) is 0 Å². The van der Waals surface area contributed by atoms with Crippen molar-refractivity contribution in [2.24, 2.45) is 5.92 Å². The summed E-state index contributed by atoms with van der Waals surface area (Å²) in [5.74, 6) is -0.0180. The number of carbonyl (C=O) groups excluding carboxylic acids is 1. The molecule has 0 bridgehead atoms. The minimum absolute atomic E-state index is 0.0234. The Labute approximate surface area is 143 Å². The number of aromatic nitrogens is 2. The number of nitrogens with one attached hydrogen (secondary N) is 2. The summed E-state index contributed by atoms with van der Waals surface area (Å²) in [5.41, 5.74) is 3.74. The lowest BCUT2D eigenvalue weighted by atomic mass is 10.0. The number of nitrogens with zero attached hydrogens (tertiary/aromatic N) is 1. The molecule has 2 N–H and O–H groups in total. The first-order chi connectivity index (χ1) is 12.1. The maximum absolute atomic E-state index is 12.6. The molecule has 126 valence electrons. The second-order valence-electron chi connectivity index (χ2n) is 6.35. The summed E-state index contributed by atoms with van der Waals surface area (Å²) in [7, 11) is 0. The van der Waals surface area contributed by atoms with Gasteiger partial charge in [-0.25, -0.2) is 4.79 Å². The van der Waals surface area contributed by atoms with Gasteiger partial charge >= 0.3 is 5.76 Å². The number of fused-ring (bicyclic) bond motifs is 1. The van der Waals surface area contributed by atoms with Gasteiger partial charge in [0.05, 0.1) is 6.04 Å². The van der Waals surface area contributed by atoms with Crippen molar-refractivity contribution < 1.29 is 9.32 Å². The number of hydrogen-bond donors (Lipinski definition) is 2. The van der Waals surface area contributed by atoms with Crippen LogP contribution in [-0.2, 0) is 6.42 Å². The van der Waals surface area contributed by atoms with Gasteiger partial charge in [-0.2, -0.15) is 0 Å². The normalized spacial score (nSPS) is 18.8. The number of hydrogen-bond acceptors (Lipinski definition) is 4. The van der Waals surface area contributed by atoms with Crippen LogP contribution in [0.3, 0.4) is 0 Å². The SMILES string of the molecule is C[C@@H]1Cc2ccccc2[C@H]1NC(=O)c1ccc(-c2noc(=O)[nH]2)cc1. The molecule has 6 heteroatoms. The molecule has 0 saturated heterocycles. The molecule has 0 aliphatic heterocycles. The Bertz CT molecular complexity index is 972. The molecule has 3 aromatic rings. The summed E-state index contributed by atoms with van der Waals surface area (Å²) < 4.78 is 4.49. The summed E-state index contributed by atoms with van der Waals surface area (Å²) >= 11 is 0. The van der Waals surface area contributed by atoms with Crippen molar-refractivity contribution in [1.29, 1.82) is 0 Å². The Morgan fingerprint density at radius 3 is 2.68 bits per heavy atom. The minimum atomic E-state index is -0.606. The van der Waals surface area contributed by atoms with E-state index in [2.05, 4.69) is 39.0 Å². The van der Waals surface area contributed by atoms with Gasteiger partial charge in [-0.3, -0.25) is 14.3 Å². The Hall–Kier alpha value is -3.15. The Morgan fingerprint density at radius 2 is 1.96 bits per heavy atom. The fourth-order valence-corrected chi connectivity index (χ4v) is 3.37. The molecule has 1 aliphatic carbocycles. The van der Waals surface area contributed by atoms with Gasteiger partial charge in [-0.05, 0) is 35.6 Å². The Kier molecular flexibility index (Phi) is 3.72. The van der Waals surface area contributed by atoms with Gasteiger partial charge in [0.1, 0.15) is 0 Å². The van der Waals surface area contributed by atoms with Crippen molar-refractivity contribution in [3.8, 4) is 11.4 Å². The molecule has 1 aromatic heterocycles. The third-order valence-corrected chi connectivity index (χ3v) is 4.65. The van der Waals surface area contributed by atoms with E-state index < -0.39 is 5.76 Å². The van der Waals surface area contributed by atoms with E-state index in [0.29, 0.717) is 22.9 Å². The monoisotopic (exact) mass is 335 g/mol. The molecule has 25 heavy (non-hydrogen) atoms. The van der Waals surface area contributed by atoms with Crippen LogP contribution in [0.1, 0.15) is 34.5 Å². The largest absolute Gasteiger partial charge is 0.439 e. The number of aromatic amines is 1. The first kappa shape index (κ1) is 15.4. The number of amides is 1. The maximum atomic E-state index is 12.6. The van der Waals surface area contributed by atoms with Gasteiger partial charge in [0.2, 0.25) is 0 Å². The van der Waals surface area contributed by atoms with Crippen molar-refractivity contribution in [2.45, 2.75) is 19.4 Å². The maximum Gasteiger partial charge on any atom is 0.439 e. The zero-order chi connectivity index (χ0) is 17.4. The predicted molar refractivity (Wildman–Crippen MR) is 92.1 cm³/mol. The molecular formula is C19H17N3O3. The Morgan fingerprint density at radius 1 is 1.20 bits per heavy atom. The number of H-pyrrole nitrogens is 1. The lowest BCUT2D eigenvalue weighted by molar-refractivity contribution is 0.0927. The fraction of sp³-hybridized carbons (Fsp3) is 0.211. The number of benzene rings is 2. The highest BCUT2D eigenvalue weighted by Gasteiger charge is 2.30. The molecule has 0 unspecified atom stereocenters. The first-order valence-corrected chi connectivity index (χ1v) is 8.17. The minimum Gasteiger partial charge on any atom is -0.345 e. The standard InChI is InChI=1S/C19H17N3O3/c1-11-10-14-4-2-3-5-15(14)16(11)20-18(23)13-8-6-12(7-9-13)17-21-19(24)25-22-17/h2-9,11,16H,10H2,1H3,(H,20,23)(H,21,22,24)/t11-,16+/m1/s1. The zero-order valence-electron chi connectivity index (χ0n) is 13.7. The first-order valence-electron chi connectivity index (χ1n) is 8.17. The van der Waals surface area contributed by atoms with Crippen molar-refractivity contribution in [3.05, 3.63) is 75.8 Å². The molecule has 0 spiro atoms. The third-order valence-electron chi connectivity index (χ3n) is 4.65. The molecular weight excluding hydrogens is 318 g/mol. The smallest absolute Gasteiger partial charge is 0.345 e. The highest BCUT2D eigenvalue weighted by molar-refractivity contribution is 5.95. The zero-order valence-corrected chi connectivity index (χ0v) is 13.7. The fourth-order valence-electron chi connectivity index (χ4n) is 3.37. The van der Waals surface area contributed by atoms with Crippen molar-refractivity contribution >= 4 is 5.91 Å². The van der Waals surface area contributed by atoms with Crippen LogP contribution in [0.5, 0.6) is 0 Å². The van der Waals surface area contributed by atoms with Crippen LogP contribution in [0.15, 0.2) is 57.8 Å². The van der Waals surface area contributed by atoms with Crippen LogP contribution < -0.4 is 11.1 Å². The van der Waals surface area contributed by atoms with Crippen LogP contribution in [0.25, 0.3) is 11.4 Å². The van der Waals surface area contributed by atoms with Crippen molar-refractivity contribution in [3.63, 3.8) is 0 Å². The van der Waals surface area contributed by atoms with Gasteiger partial charge in [-0.1, -0.05) is 48.5 Å². The van der Waals surface area contributed by atoms with E-state index in [1.165, 1.54) is 11.1 Å². The summed E-state index contributed by atoms with van der Waals surface area (Å²) in [5, 5.41) is 6.77. The average molecular weight is 335 g/mol. The van der Waals surface area contributed by atoms with Gasteiger partial charge in [0.25, 0.3) is 5.91 Å². The molecule has 0 radical (unpaired) electrons. The molecule has 1 amide bonds. The van der Waals surface area contributed by atoms with Crippen LogP contribution in [0, 0.1) is 5.92 Å². The highest BCUT2D eigenvalue weighted by Crippen LogP contribution is 2.35. The summed E-state index contributed by atoms with van der Waals surface area (Å²) in [6.45, 7) is 2.15. The third kappa shape index (κ3) is 2.87. The van der Waals surface area contributed by atoms with Gasteiger partial charge in [-0.15, -0.1) is 0 Å². The van der Waals surface area contributed by atoms with E-state index in [-0.39, 0.29) is 11.9 Å². The van der Waals surface area contributed by atoms with Crippen molar-refractivity contribution in [1.82, 2.24) is 15.5 Å². The van der Waals surface area contributed by atoms with E-state index in [0.717, 1.165) is 6.42 Å². The lowest BCUT2D eigenvalue weighted by Gasteiger charge is -2.19. The van der Waals surface area contributed by atoms with E-state index in [9.17, 15) is 9.59 Å². The van der Waals surface area contributed by atoms with E-state index in [1.54, 1.807) is 24.3 Å². The van der Waals surface area contributed by atoms with Gasteiger partial charge < -0.3 is 5.32 Å².